The number of allylic oxidation sites excluding steroid dienone is 1. The van der Waals surface area contributed by atoms with Gasteiger partial charge in [-0.15, -0.1) is 6.58 Å². The first-order valence-electron chi connectivity index (χ1n) is 10.1. The summed E-state index contributed by atoms with van der Waals surface area (Å²) in [5.74, 6) is 0.942. The SMILES string of the molecule is C=CCCCN(C)C(=NC)NCc1ccc(CN2CCCN(C)CC2)cc1. The van der Waals surface area contributed by atoms with Crippen LogP contribution < -0.4 is 5.32 Å². The Balaban J connectivity index is 1.79. The normalized spacial score (nSPS) is 16.8. The Morgan fingerprint density at radius 3 is 2.63 bits per heavy atom. The molecule has 0 radical (unpaired) electrons. The molecule has 1 aromatic rings. The maximum Gasteiger partial charge on any atom is 0.193 e. The Bertz CT molecular complexity index is 581. The average molecular weight is 372 g/mol. The molecule has 5 nitrogen and oxygen atoms in total. The van der Waals surface area contributed by atoms with E-state index >= 15 is 0 Å². The van der Waals surface area contributed by atoms with Gasteiger partial charge in [-0.2, -0.15) is 0 Å². The summed E-state index contributed by atoms with van der Waals surface area (Å²) in [5.41, 5.74) is 2.68. The van der Waals surface area contributed by atoms with Gasteiger partial charge in [-0.1, -0.05) is 30.3 Å². The van der Waals surface area contributed by atoms with Crippen molar-refractivity contribution in [2.75, 3.05) is 53.9 Å². The Hall–Kier alpha value is -1.85. The first-order chi connectivity index (χ1) is 13.1. The maximum atomic E-state index is 4.39. The second kappa shape index (κ2) is 11.8. The molecule has 0 saturated carbocycles. The molecule has 0 aromatic heterocycles. The van der Waals surface area contributed by atoms with E-state index in [2.05, 4.69) is 69.9 Å². The van der Waals surface area contributed by atoms with Crippen LogP contribution in [0.3, 0.4) is 0 Å². The summed E-state index contributed by atoms with van der Waals surface area (Å²) in [7, 11) is 6.14. The monoisotopic (exact) mass is 371 g/mol. The lowest BCUT2D eigenvalue weighted by Gasteiger charge is -2.22. The van der Waals surface area contributed by atoms with Gasteiger partial charge < -0.3 is 15.1 Å². The predicted octanol–water partition coefficient (Wildman–Crippen LogP) is 2.80. The minimum Gasteiger partial charge on any atom is -0.352 e. The number of nitrogens with zero attached hydrogens (tertiary/aromatic N) is 4. The molecule has 0 amide bonds. The summed E-state index contributed by atoms with van der Waals surface area (Å²) in [6.07, 6.45) is 5.37. The molecule has 0 atom stereocenters. The highest BCUT2D eigenvalue weighted by Crippen LogP contribution is 2.10. The van der Waals surface area contributed by atoms with Gasteiger partial charge in [-0.05, 0) is 50.5 Å². The van der Waals surface area contributed by atoms with E-state index in [1.807, 2.05) is 13.1 Å². The topological polar surface area (TPSA) is 34.1 Å². The molecule has 1 saturated heterocycles. The first kappa shape index (κ1) is 21.5. The van der Waals surface area contributed by atoms with Crippen molar-refractivity contribution in [3.05, 3.63) is 48.0 Å². The fourth-order valence-electron chi connectivity index (χ4n) is 3.42. The van der Waals surface area contributed by atoms with Crippen LogP contribution in [0, 0.1) is 0 Å². The third-order valence-electron chi connectivity index (χ3n) is 5.17. The molecule has 150 valence electrons. The lowest BCUT2D eigenvalue weighted by molar-refractivity contribution is 0.269. The van der Waals surface area contributed by atoms with E-state index in [4.69, 9.17) is 0 Å². The van der Waals surface area contributed by atoms with Crippen LogP contribution in [0.15, 0.2) is 41.9 Å². The van der Waals surface area contributed by atoms with Crippen LogP contribution in [0.1, 0.15) is 30.4 Å². The van der Waals surface area contributed by atoms with Crippen LogP contribution in [0.25, 0.3) is 0 Å². The first-order valence-corrected chi connectivity index (χ1v) is 10.1. The number of hydrogen-bond acceptors (Lipinski definition) is 3. The summed E-state index contributed by atoms with van der Waals surface area (Å²) in [6, 6.07) is 9.00. The van der Waals surface area contributed by atoms with Gasteiger partial charge in [0.05, 0.1) is 0 Å². The third kappa shape index (κ3) is 7.73. The van der Waals surface area contributed by atoms with Crippen LogP contribution in [-0.2, 0) is 13.1 Å². The molecule has 27 heavy (non-hydrogen) atoms. The van der Waals surface area contributed by atoms with E-state index in [-0.39, 0.29) is 0 Å². The average Bonchev–Trinajstić information content (AvgIpc) is 2.88. The fraction of sp³-hybridized carbons (Fsp3) is 0.591. The number of aliphatic imine (C=N–C) groups is 1. The molecule has 0 bridgehead atoms. The van der Waals surface area contributed by atoms with E-state index in [0.29, 0.717) is 0 Å². The predicted molar refractivity (Wildman–Crippen MR) is 116 cm³/mol. The Morgan fingerprint density at radius 1 is 1.19 bits per heavy atom. The largest absolute Gasteiger partial charge is 0.352 e. The number of unbranched alkanes of at least 4 members (excludes halogenated alkanes) is 1. The van der Waals surface area contributed by atoms with Crippen LogP contribution in [0.2, 0.25) is 0 Å². The molecule has 0 aliphatic carbocycles. The molecular formula is C22H37N5. The minimum atomic E-state index is 0.799. The highest BCUT2D eigenvalue weighted by molar-refractivity contribution is 5.79. The second-order valence-electron chi connectivity index (χ2n) is 7.50. The molecule has 1 fully saturated rings. The molecule has 2 rings (SSSR count). The molecule has 1 aliphatic rings. The lowest BCUT2D eigenvalue weighted by Crippen LogP contribution is -2.38. The van der Waals surface area contributed by atoms with Gasteiger partial charge in [0.1, 0.15) is 0 Å². The fourth-order valence-corrected chi connectivity index (χ4v) is 3.42. The summed E-state index contributed by atoms with van der Waals surface area (Å²) < 4.78 is 0. The quantitative estimate of drug-likeness (QED) is 0.330. The molecule has 0 unspecified atom stereocenters. The van der Waals surface area contributed by atoms with Gasteiger partial charge in [-0.3, -0.25) is 9.89 Å². The molecule has 1 heterocycles. The number of hydrogen-bond donors (Lipinski definition) is 1. The lowest BCUT2D eigenvalue weighted by atomic mass is 10.1. The molecule has 1 N–H and O–H groups in total. The zero-order chi connectivity index (χ0) is 19.5. The van der Waals surface area contributed by atoms with Crippen molar-refractivity contribution >= 4 is 5.96 Å². The number of guanidine groups is 1. The van der Waals surface area contributed by atoms with Gasteiger partial charge in [0, 0.05) is 46.8 Å². The number of benzene rings is 1. The van der Waals surface area contributed by atoms with Gasteiger partial charge in [0.25, 0.3) is 0 Å². The van der Waals surface area contributed by atoms with E-state index in [1.54, 1.807) is 0 Å². The van der Waals surface area contributed by atoms with Crippen molar-refractivity contribution in [1.29, 1.82) is 0 Å². The summed E-state index contributed by atoms with van der Waals surface area (Å²) in [5, 5.41) is 3.46. The van der Waals surface area contributed by atoms with Crippen LogP contribution >= 0.6 is 0 Å². The van der Waals surface area contributed by atoms with Crippen molar-refractivity contribution in [2.24, 2.45) is 4.99 Å². The van der Waals surface area contributed by atoms with Gasteiger partial charge in [-0.25, -0.2) is 0 Å². The van der Waals surface area contributed by atoms with E-state index < -0.39 is 0 Å². The molecule has 1 aliphatic heterocycles. The van der Waals surface area contributed by atoms with E-state index in [9.17, 15) is 0 Å². The summed E-state index contributed by atoms with van der Waals surface area (Å²) in [4.78, 5) is 11.6. The van der Waals surface area contributed by atoms with Gasteiger partial charge in [0.2, 0.25) is 0 Å². The number of nitrogens with one attached hydrogen (secondary N) is 1. The second-order valence-corrected chi connectivity index (χ2v) is 7.50. The number of rotatable bonds is 8. The van der Waals surface area contributed by atoms with Crippen molar-refractivity contribution < 1.29 is 0 Å². The van der Waals surface area contributed by atoms with Crippen LogP contribution in [0.4, 0.5) is 0 Å². The van der Waals surface area contributed by atoms with Gasteiger partial charge in [0.15, 0.2) is 5.96 Å². The summed E-state index contributed by atoms with van der Waals surface area (Å²) >= 11 is 0. The number of likely N-dealkylation sites (N-methyl/N-ethyl adjacent to an activating group) is 1. The van der Waals surface area contributed by atoms with Crippen molar-refractivity contribution in [1.82, 2.24) is 20.0 Å². The zero-order valence-electron chi connectivity index (χ0n) is 17.5. The zero-order valence-corrected chi connectivity index (χ0v) is 17.5. The highest BCUT2D eigenvalue weighted by atomic mass is 15.3. The summed E-state index contributed by atoms with van der Waals surface area (Å²) in [6.45, 7) is 11.4. The van der Waals surface area contributed by atoms with E-state index in [1.165, 1.54) is 37.2 Å². The van der Waals surface area contributed by atoms with Crippen LogP contribution in [0.5, 0.6) is 0 Å². The Morgan fingerprint density at radius 2 is 1.93 bits per heavy atom. The Labute approximate surface area is 165 Å². The minimum absolute atomic E-state index is 0.799. The van der Waals surface area contributed by atoms with Crippen LogP contribution in [-0.4, -0.2) is 74.5 Å². The molecular weight excluding hydrogens is 334 g/mol. The van der Waals surface area contributed by atoms with Crippen molar-refractivity contribution in [3.63, 3.8) is 0 Å². The molecule has 1 aromatic carbocycles. The molecule has 5 heteroatoms. The van der Waals surface area contributed by atoms with E-state index in [0.717, 1.165) is 45.0 Å². The molecule has 0 spiro atoms. The smallest absolute Gasteiger partial charge is 0.193 e. The van der Waals surface area contributed by atoms with Crippen molar-refractivity contribution in [2.45, 2.75) is 32.4 Å². The maximum absolute atomic E-state index is 4.39. The van der Waals surface area contributed by atoms with Gasteiger partial charge >= 0.3 is 0 Å². The standard InChI is InChI=1S/C22H37N5/c1-5-6-7-14-26(4)22(23-2)24-18-20-9-11-21(12-10-20)19-27-15-8-13-25(3)16-17-27/h5,9-12H,1,6-8,13-19H2,2-4H3,(H,23,24). The highest BCUT2D eigenvalue weighted by Gasteiger charge is 2.12. The third-order valence-corrected chi connectivity index (χ3v) is 5.17. The Kier molecular flexibility index (Phi) is 9.36. The van der Waals surface area contributed by atoms with Crippen molar-refractivity contribution in [3.8, 4) is 0 Å².